The topological polar surface area (TPSA) is 159 Å². The summed E-state index contributed by atoms with van der Waals surface area (Å²) in [6.45, 7) is 8.04. The number of Topliss-reactive ketones (excluding diaryl/α,β-unsaturated/α-hetero) is 1. The van der Waals surface area contributed by atoms with Crippen molar-refractivity contribution in [2.45, 2.75) is 71.2 Å². The molecule has 0 aliphatic rings. The standard InChI is InChI=1S/C32H48N6O6S/c1-9-20(4)27(37-26(39)17-33-5)32(43)38(7)24(19(2)3)16-25(44-8)31-36-23(18-45-31)29(41)35-22(28(40)30(42)34-6)15-21-13-11-10-12-14-21/h10-14,18-20,22,24-25,27,33H,9,15-17H2,1-8H3,(H,34,42)(H,35,41)(H,37,39). The zero-order valence-electron chi connectivity index (χ0n) is 27.5. The van der Waals surface area contributed by atoms with Crippen molar-refractivity contribution in [3.8, 4) is 0 Å². The van der Waals surface area contributed by atoms with Gasteiger partial charge in [-0.3, -0.25) is 24.0 Å². The average Bonchev–Trinajstić information content (AvgIpc) is 3.53. The molecular weight excluding hydrogens is 596 g/mol. The minimum absolute atomic E-state index is 0.0411. The van der Waals surface area contributed by atoms with Crippen LogP contribution in [-0.2, 0) is 30.3 Å². The van der Waals surface area contributed by atoms with Gasteiger partial charge in [0.05, 0.1) is 6.54 Å². The number of rotatable bonds is 18. The van der Waals surface area contributed by atoms with Gasteiger partial charge < -0.3 is 30.9 Å². The highest BCUT2D eigenvalue weighted by atomic mass is 32.1. The molecule has 45 heavy (non-hydrogen) atoms. The molecule has 0 spiro atoms. The number of methoxy groups -OCH3 is 1. The van der Waals surface area contributed by atoms with E-state index in [1.807, 2.05) is 58.0 Å². The van der Waals surface area contributed by atoms with Crippen LogP contribution in [0.1, 0.15) is 67.7 Å². The maximum absolute atomic E-state index is 13.7. The van der Waals surface area contributed by atoms with Crippen LogP contribution < -0.4 is 21.3 Å². The van der Waals surface area contributed by atoms with Crippen LogP contribution in [-0.4, -0.2) is 92.2 Å². The van der Waals surface area contributed by atoms with E-state index in [4.69, 9.17) is 4.74 Å². The van der Waals surface area contributed by atoms with E-state index in [2.05, 4.69) is 26.3 Å². The Balaban J connectivity index is 2.24. The maximum Gasteiger partial charge on any atom is 0.289 e. The lowest BCUT2D eigenvalue weighted by Crippen LogP contribution is -2.55. The minimum atomic E-state index is -1.08. The van der Waals surface area contributed by atoms with E-state index in [1.165, 1.54) is 18.4 Å². The smallest absolute Gasteiger partial charge is 0.289 e. The van der Waals surface area contributed by atoms with E-state index in [0.29, 0.717) is 17.8 Å². The second-order valence-electron chi connectivity index (χ2n) is 11.4. The van der Waals surface area contributed by atoms with Crippen LogP contribution in [0.3, 0.4) is 0 Å². The number of amides is 4. The second-order valence-corrected chi connectivity index (χ2v) is 12.3. The summed E-state index contributed by atoms with van der Waals surface area (Å²) < 4.78 is 5.80. The summed E-state index contributed by atoms with van der Waals surface area (Å²) in [5, 5.41) is 12.8. The van der Waals surface area contributed by atoms with Gasteiger partial charge in [-0.05, 0) is 24.4 Å². The number of nitrogens with one attached hydrogen (secondary N) is 4. The number of thiazole rings is 1. The highest BCUT2D eigenvalue weighted by molar-refractivity contribution is 7.09. The number of carbonyl (C=O) groups is 5. The predicted octanol–water partition coefficient (Wildman–Crippen LogP) is 2.11. The summed E-state index contributed by atoms with van der Waals surface area (Å²) in [5.41, 5.74) is 0.878. The third kappa shape index (κ3) is 10.7. The first-order valence-corrected chi connectivity index (χ1v) is 16.1. The molecule has 1 aromatic heterocycles. The highest BCUT2D eigenvalue weighted by Crippen LogP contribution is 2.30. The number of benzene rings is 1. The number of likely N-dealkylation sites (N-methyl/N-ethyl adjacent to an activating group) is 3. The summed E-state index contributed by atoms with van der Waals surface area (Å²) in [7, 11) is 6.31. The van der Waals surface area contributed by atoms with Crippen molar-refractivity contribution >= 4 is 40.7 Å². The Bertz CT molecular complexity index is 1290. The fourth-order valence-corrected chi connectivity index (χ4v) is 5.85. The van der Waals surface area contributed by atoms with Crippen LogP contribution in [0.4, 0.5) is 0 Å². The van der Waals surface area contributed by atoms with Gasteiger partial charge in [0, 0.05) is 45.5 Å². The summed E-state index contributed by atoms with van der Waals surface area (Å²) in [5.74, 6) is -2.63. The number of hydrogen-bond donors (Lipinski definition) is 4. The Labute approximate surface area is 270 Å². The van der Waals surface area contributed by atoms with E-state index in [-0.39, 0.29) is 48.4 Å². The van der Waals surface area contributed by atoms with Crippen molar-refractivity contribution in [3.05, 3.63) is 52.0 Å². The van der Waals surface area contributed by atoms with Gasteiger partial charge in [-0.2, -0.15) is 0 Å². The van der Waals surface area contributed by atoms with E-state index >= 15 is 0 Å². The maximum atomic E-state index is 13.7. The molecule has 1 heterocycles. The quantitative estimate of drug-likeness (QED) is 0.180. The molecule has 2 rings (SSSR count). The predicted molar refractivity (Wildman–Crippen MR) is 174 cm³/mol. The Morgan fingerprint density at radius 1 is 1.02 bits per heavy atom. The number of aromatic nitrogens is 1. The first kappa shape index (κ1) is 37.5. The molecule has 0 bridgehead atoms. The van der Waals surface area contributed by atoms with Crippen molar-refractivity contribution in [2.75, 3.05) is 34.8 Å². The van der Waals surface area contributed by atoms with Crippen molar-refractivity contribution in [3.63, 3.8) is 0 Å². The third-order valence-corrected chi connectivity index (χ3v) is 8.81. The van der Waals surface area contributed by atoms with Crippen molar-refractivity contribution < 1.29 is 28.7 Å². The number of ketones is 1. The van der Waals surface area contributed by atoms with Crippen molar-refractivity contribution in [1.29, 1.82) is 0 Å². The lowest BCUT2D eigenvalue weighted by atomic mass is 9.93. The Morgan fingerprint density at radius 3 is 2.24 bits per heavy atom. The molecule has 0 fully saturated rings. The van der Waals surface area contributed by atoms with Gasteiger partial charge >= 0.3 is 0 Å². The summed E-state index contributed by atoms with van der Waals surface area (Å²) in [4.78, 5) is 70.4. The molecule has 1 aromatic carbocycles. The van der Waals surface area contributed by atoms with Crippen LogP contribution in [0.15, 0.2) is 35.7 Å². The van der Waals surface area contributed by atoms with Gasteiger partial charge in [0.1, 0.15) is 28.9 Å². The third-order valence-electron chi connectivity index (χ3n) is 7.87. The average molecular weight is 645 g/mol. The zero-order chi connectivity index (χ0) is 33.7. The molecule has 0 aliphatic heterocycles. The molecule has 4 N–H and O–H groups in total. The van der Waals surface area contributed by atoms with E-state index in [0.717, 1.165) is 5.56 Å². The molecule has 13 heteroatoms. The summed E-state index contributed by atoms with van der Waals surface area (Å²) >= 11 is 1.23. The van der Waals surface area contributed by atoms with E-state index in [1.54, 1.807) is 31.5 Å². The molecule has 0 radical (unpaired) electrons. The van der Waals surface area contributed by atoms with Gasteiger partial charge in [-0.25, -0.2) is 4.98 Å². The van der Waals surface area contributed by atoms with Crippen LogP contribution in [0.2, 0.25) is 0 Å². The largest absolute Gasteiger partial charge is 0.374 e. The molecule has 12 nitrogen and oxygen atoms in total. The normalized spacial score (nSPS) is 14.5. The number of ether oxygens (including phenoxy) is 1. The number of carbonyl (C=O) groups excluding carboxylic acids is 5. The molecule has 0 saturated heterocycles. The van der Waals surface area contributed by atoms with Gasteiger partial charge in [0.2, 0.25) is 17.6 Å². The Morgan fingerprint density at radius 2 is 1.69 bits per heavy atom. The zero-order valence-corrected chi connectivity index (χ0v) is 28.3. The molecule has 0 saturated carbocycles. The number of nitrogens with zero attached hydrogens (tertiary/aromatic N) is 2. The molecule has 5 atom stereocenters. The van der Waals surface area contributed by atoms with Crippen molar-refractivity contribution in [1.82, 2.24) is 31.2 Å². The first-order valence-electron chi connectivity index (χ1n) is 15.2. The fraction of sp³-hybridized carbons (Fsp3) is 0.562. The molecule has 5 unspecified atom stereocenters. The van der Waals surface area contributed by atoms with E-state index in [9.17, 15) is 24.0 Å². The Kier molecular flexibility index (Phi) is 15.3. The van der Waals surface area contributed by atoms with Crippen molar-refractivity contribution in [2.24, 2.45) is 11.8 Å². The first-order chi connectivity index (χ1) is 21.4. The summed E-state index contributed by atoms with van der Waals surface area (Å²) in [6, 6.07) is 7.07. The fourth-order valence-electron chi connectivity index (χ4n) is 4.96. The lowest BCUT2D eigenvalue weighted by molar-refractivity contribution is -0.140. The van der Waals surface area contributed by atoms with Gasteiger partial charge in [0.15, 0.2) is 0 Å². The molecule has 4 amide bonds. The molecule has 2 aromatic rings. The van der Waals surface area contributed by atoms with Gasteiger partial charge in [0.25, 0.3) is 11.8 Å². The summed E-state index contributed by atoms with van der Waals surface area (Å²) in [6.07, 6.45) is 0.712. The second kappa shape index (κ2) is 18.3. The van der Waals surface area contributed by atoms with Crippen LogP contribution in [0.25, 0.3) is 0 Å². The lowest BCUT2D eigenvalue weighted by Gasteiger charge is -2.37. The molecular formula is C32H48N6O6S. The SMILES string of the molecule is CCC(C)C(NC(=O)CNC)C(=O)N(C)C(CC(OC)c1nc(C(=O)NC(Cc2ccccc2)C(=O)C(=O)NC)cs1)C(C)C. The van der Waals surface area contributed by atoms with E-state index < -0.39 is 35.8 Å². The molecule has 0 aliphatic carbocycles. The minimum Gasteiger partial charge on any atom is -0.374 e. The van der Waals surface area contributed by atoms with Crippen LogP contribution in [0, 0.1) is 11.8 Å². The monoisotopic (exact) mass is 644 g/mol. The van der Waals surface area contributed by atoms with Crippen LogP contribution in [0.5, 0.6) is 0 Å². The van der Waals surface area contributed by atoms with Gasteiger partial charge in [-0.15, -0.1) is 11.3 Å². The number of hydrogen-bond acceptors (Lipinski definition) is 9. The Hall–Kier alpha value is -3.68. The molecule has 248 valence electrons. The van der Waals surface area contributed by atoms with Gasteiger partial charge in [-0.1, -0.05) is 64.4 Å². The highest BCUT2D eigenvalue weighted by Gasteiger charge is 2.35. The van der Waals surface area contributed by atoms with Crippen LogP contribution >= 0.6 is 11.3 Å².